The van der Waals surface area contributed by atoms with Crippen molar-refractivity contribution in [1.82, 2.24) is 9.88 Å². The molecule has 0 amide bonds. The Labute approximate surface area is 210 Å². The summed E-state index contributed by atoms with van der Waals surface area (Å²) in [5.74, 6) is 0.494. The molecule has 6 nitrogen and oxygen atoms in total. The maximum absolute atomic E-state index is 12.6. The number of phenolic OH excluding ortho intramolecular Hbond substituents is 1. The summed E-state index contributed by atoms with van der Waals surface area (Å²) in [6.45, 7) is 1.07. The zero-order valence-electron chi connectivity index (χ0n) is 19.5. The molecule has 9 heteroatoms. The van der Waals surface area contributed by atoms with Crippen LogP contribution in [0.25, 0.3) is 22.0 Å². The zero-order chi connectivity index (χ0) is 24.6. The highest BCUT2D eigenvalue weighted by molar-refractivity contribution is 7.90. The Balaban J connectivity index is 1.75. The molecular formula is C25H29Cl2N3O3S. The van der Waals surface area contributed by atoms with Crippen molar-refractivity contribution in [3.8, 4) is 16.9 Å². The van der Waals surface area contributed by atoms with E-state index in [2.05, 4.69) is 29.3 Å². The molecular weight excluding hydrogens is 493 g/mol. The van der Waals surface area contributed by atoms with Gasteiger partial charge < -0.3 is 15.3 Å². The van der Waals surface area contributed by atoms with Crippen LogP contribution in [0, 0.1) is 5.92 Å². The smallest absolute Gasteiger partial charge is 0.179 e. The van der Waals surface area contributed by atoms with Gasteiger partial charge in [-0.3, -0.25) is 4.98 Å². The number of nitrogens with zero attached hydrogens (tertiary/aromatic N) is 2. The second-order valence-corrected chi connectivity index (χ2v) is 12.2. The highest BCUT2D eigenvalue weighted by atomic mass is 35.5. The minimum atomic E-state index is -3.51. The fourth-order valence-electron chi connectivity index (χ4n) is 4.73. The molecule has 182 valence electrons. The lowest BCUT2D eigenvalue weighted by atomic mass is 9.85. The van der Waals surface area contributed by atoms with Crippen molar-refractivity contribution in [2.45, 2.75) is 36.6 Å². The van der Waals surface area contributed by atoms with Gasteiger partial charge in [-0.2, -0.15) is 0 Å². The van der Waals surface area contributed by atoms with Gasteiger partial charge >= 0.3 is 0 Å². The average Bonchev–Trinajstić information content (AvgIpc) is 2.77. The standard InChI is InChI=1S/C25H29Cl2N3O3S/c1-30(2)14-15-4-7-18(8-5-15)29-24-19-10-16(17-11-20(26)25(31)21(27)12-17)6-9-22(19)28-13-23(24)34(3,32)33/h6,9-13,15,18,31H,4-5,7-8,14H2,1-3H3,(H,28,29)/t15-,18-. The monoisotopic (exact) mass is 521 g/mol. The molecule has 34 heavy (non-hydrogen) atoms. The van der Waals surface area contributed by atoms with Gasteiger partial charge in [0.2, 0.25) is 0 Å². The third-order valence-corrected chi connectivity index (χ3v) is 8.09. The lowest BCUT2D eigenvalue weighted by Gasteiger charge is -2.32. The third-order valence-electron chi connectivity index (χ3n) is 6.40. The van der Waals surface area contributed by atoms with E-state index in [9.17, 15) is 13.5 Å². The van der Waals surface area contributed by atoms with Gasteiger partial charge in [-0.25, -0.2) is 8.42 Å². The minimum Gasteiger partial charge on any atom is -0.505 e. The van der Waals surface area contributed by atoms with Gasteiger partial charge in [-0.1, -0.05) is 29.3 Å². The Kier molecular flexibility index (Phi) is 7.29. The largest absolute Gasteiger partial charge is 0.505 e. The average molecular weight is 522 g/mol. The van der Waals surface area contributed by atoms with Gasteiger partial charge in [0.15, 0.2) is 15.6 Å². The van der Waals surface area contributed by atoms with Crippen molar-refractivity contribution < 1.29 is 13.5 Å². The highest BCUT2D eigenvalue weighted by Gasteiger charge is 2.25. The lowest BCUT2D eigenvalue weighted by Crippen LogP contribution is -2.31. The number of phenols is 1. The maximum atomic E-state index is 12.6. The molecule has 0 aliphatic heterocycles. The van der Waals surface area contributed by atoms with Crippen LogP contribution < -0.4 is 5.32 Å². The number of rotatable bonds is 6. The van der Waals surface area contributed by atoms with Gasteiger partial charge in [0.25, 0.3) is 0 Å². The maximum Gasteiger partial charge on any atom is 0.179 e. The first-order valence-electron chi connectivity index (χ1n) is 11.3. The van der Waals surface area contributed by atoms with Gasteiger partial charge in [0.1, 0.15) is 4.90 Å². The minimum absolute atomic E-state index is 0.151. The van der Waals surface area contributed by atoms with Crippen LogP contribution in [-0.4, -0.2) is 56.3 Å². The van der Waals surface area contributed by atoms with Crippen LogP contribution in [0.2, 0.25) is 10.0 Å². The number of fused-ring (bicyclic) bond motifs is 1. The number of hydrogen-bond donors (Lipinski definition) is 2. The van der Waals surface area contributed by atoms with Crippen LogP contribution in [0.1, 0.15) is 25.7 Å². The number of benzene rings is 2. The van der Waals surface area contributed by atoms with Gasteiger partial charge in [-0.05, 0) is 81.1 Å². The van der Waals surface area contributed by atoms with Crippen molar-refractivity contribution in [3.05, 3.63) is 46.6 Å². The van der Waals surface area contributed by atoms with Crippen LogP contribution in [0.5, 0.6) is 5.75 Å². The topological polar surface area (TPSA) is 82.5 Å². The van der Waals surface area contributed by atoms with Crippen molar-refractivity contribution in [2.24, 2.45) is 5.92 Å². The Morgan fingerprint density at radius 2 is 1.71 bits per heavy atom. The SMILES string of the molecule is CN(C)C[C@H]1CC[C@H](Nc2c(S(C)(=O)=O)cnc3ccc(-c4cc(Cl)c(O)c(Cl)c4)cc23)CC1. The van der Waals surface area contributed by atoms with E-state index in [1.54, 1.807) is 12.1 Å². The van der Waals surface area contributed by atoms with Gasteiger partial charge in [0.05, 0.1) is 21.2 Å². The van der Waals surface area contributed by atoms with E-state index in [1.807, 2.05) is 18.2 Å². The summed E-state index contributed by atoms with van der Waals surface area (Å²) in [4.78, 5) is 6.82. The predicted octanol–water partition coefficient (Wildman–Crippen LogP) is 5.85. The molecule has 1 heterocycles. The first-order chi connectivity index (χ1) is 16.0. The Bertz CT molecular complexity index is 1300. The number of halogens is 2. The van der Waals surface area contributed by atoms with Crippen molar-refractivity contribution in [3.63, 3.8) is 0 Å². The van der Waals surface area contributed by atoms with Crippen molar-refractivity contribution in [1.29, 1.82) is 0 Å². The molecule has 0 spiro atoms. The van der Waals surface area contributed by atoms with Crippen LogP contribution in [-0.2, 0) is 9.84 Å². The first kappa shape index (κ1) is 25.0. The number of sulfone groups is 1. The molecule has 1 aromatic heterocycles. The highest BCUT2D eigenvalue weighted by Crippen LogP contribution is 2.39. The Morgan fingerprint density at radius 3 is 2.29 bits per heavy atom. The molecule has 1 aliphatic rings. The Morgan fingerprint density at radius 1 is 1.06 bits per heavy atom. The number of nitrogens with one attached hydrogen (secondary N) is 1. The van der Waals surface area contributed by atoms with E-state index >= 15 is 0 Å². The molecule has 2 aromatic carbocycles. The number of aromatic nitrogens is 1. The zero-order valence-corrected chi connectivity index (χ0v) is 21.8. The number of hydrogen-bond acceptors (Lipinski definition) is 6. The summed E-state index contributed by atoms with van der Waals surface area (Å²) in [5.41, 5.74) is 2.79. The van der Waals surface area contributed by atoms with Gasteiger partial charge in [-0.15, -0.1) is 0 Å². The molecule has 0 unspecified atom stereocenters. The predicted molar refractivity (Wildman–Crippen MR) is 140 cm³/mol. The molecule has 3 aromatic rings. The second kappa shape index (κ2) is 9.90. The van der Waals surface area contributed by atoms with E-state index in [1.165, 1.54) is 12.5 Å². The van der Waals surface area contributed by atoms with Crippen molar-refractivity contribution >= 4 is 49.6 Å². The van der Waals surface area contributed by atoms with Crippen LogP contribution in [0.4, 0.5) is 5.69 Å². The van der Waals surface area contributed by atoms with Crippen molar-refractivity contribution in [2.75, 3.05) is 32.2 Å². The summed E-state index contributed by atoms with van der Waals surface area (Å²) >= 11 is 12.3. The van der Waals surface area contributed by atoms with E-state index < -0.39 is 9.84 Å². The molecule has 0 atom stereocenters. The van der Waals surface area contributed by atoms with Crippen LogP contribution in [0.15, 0.2) is 41.4 Å². The number of aromatic hydroxyl groups is 1. The number of anilines is 1. The molecule has 1 saturated carbocycles. The van der Waals surface area contributed by atoms with E-state index in [0.717, 1.165) is 48.7 Å². The van der Waals surface area contributed by atoms with Crippen LogP contribution >= 0.6 is 23.2 Å². The van der Waals surface area contributed by atoms with E-state index in [-0.39, 0.29) is 26.7 Å². The molecule has 0 bridgehead atoms. The third kappa shape index (κ3) is 5.43. The fraction of sp³-hybridized carbons (Fsp3) is 0.400. The molecule has 0 radical (unpaired) electrons. The van der Waals surface area contributed by atoms with Crippen LogP contribution in [0.3, 0.4) is 0 Å². The quantitative estimate of drug-likeness (QED) is 0.423. The Hall–Kier alpha value is -2.06. The summed E-state index contributed by atoms with van der Waals surface area (Å²) in [5, 5.41) is 14.5. The first-order valence-corrected chi connectivity index (χ1v) is 13.9. The molecule has 4 rings (SSSR count). The molecule has 1 aliphatic carbocycles. The lowest BCUT2D eigenvalue weighted by molar-refractivity contribution is 0.255. The van der Waals surface area contributed by atoms with E-state index in [0.29, 0.717) is 17.1 Å². The van der Waals surface area contributed by atoms with Gasteiger partial charge in [0, 0.05) is 30.4 Å². The normalized spacial score (nSPS) is 19.0. The molecule has 1 fully saturated rings. The number of pyridine rings is 1. The second-order valence-electron chi connectivity index (χ2n) is 9.41. The summed E-state index contributed by atoms with van der Waals surface area (Å²) < 4.78 is 25.3. The summed E-state index contributed by atoms with van der Waals surface area (Å²) in [6, 6.07) is 9.09. The molecule has 2 N–H and O–H groups in total. The van der Waals surface area contributed by atoms with E-state index in [4.69, 9.17) is 23.2 Å². The molecule has 0 saturated heterocycles. The summed E-state index contributed by atoms with van der Waals surface area (Å²) in [7, 11) is 0.684. The fourth-order valence-corrected chi connectivity index (χ4v) is 6.00. The summed E-state index contributed by atoms with van der Waals surface area (Å²) in [6.07, 6.45) is 6.80.